The second-order valence-electron chi connectivity index (χ2n) is 15.0. The Balaban J connectivity index is -0.000000215. The summed E-state index contributed by atoms with van der Waals surface area (Å²) >= 11 is 0. The number of hydrogen-bond donors (Lipinski definition) is 22. The molecule has 60 heavy (non-hydrogen) atoms. The Hall–Kier alpha value is -2.31. The third kappa shape index (κ3) is 30.7. The summed E-state index contributed by atoms with van der Waals surface area (Å²) in [5.41, 5.74) is 1.86. The van der Waals surface area contributed by atoms with E-state index in [0.29, 0.717) is 0 Å². The summed E-state index contributed by atoms with van der Waals surface area (Å²) in [6.45, 7) is 8.52. The van der Waals surface area contributed by atoms with E-state index in [1.807, 2.05) is 53.7 Å². The smallest absolute Gasteiger partial charge is 0.310 e. The highest BCUT2D eigenvalue weighted by atomic mass is 16.4. The van der Waals surface area contributed by atoms with Gasteiger partial charge in [-0.05, 0) is 34.4 Å². The van der Waals surface area contributed by atoms with Gasteiger partial charge in [0.25, 0.3) is 0 Å². The lowest BCUT2D eigenvalue weighted by atomic mass is 9.77. The van der Waals surface area contributed by atoms with Crippen molar-refractivity contribution in [3.8, 4) is 5.75 Å². The van der Waals surface area contributed by atoms with E-state index in [1.54, 1.807) is 6.92 Å². The van der Waals surface area contributed by atoms with Crippen LogP contribution in [0, 0.1) is 0 Å². The lowest BCUT2D eigenvalue weighted by molar-refractivity contribution is -0.138. The molecule has 1 rings (SSSR count). The summed E-state index contributed by atoms with van der Waals surface area (Å²) in [5, 5.41) is 186. The van der Waals surface area contributed by atoms with E-state index in [4.69, 9.17) is 102 Å². The first kappa shape index (κ1) is 66.8. The van der Waals surface area contributed by atoms with Crippen LogP contribution in [-0.4, -0.2) is 245 Å². The summed E-state index contributed by atoms with van der Waals surface area (Å²) in [6.07, 6.45) is -12.2. The molecule has 0 saturated heterocycles. The maximum absolute atomic E-state index is 11.2. The van der Waals surface area contributed by atoms with Gasteiger partial charge < -0.3 is 112 Å². The number of benzene rings is 1. The average Bonchev–Trinajstić information content (AvgIpc) is 3.23. The SMILES string of the molecule is CC(C(=O)O)c1cc(C(C)(C)C)c(O)c(C(C)(C)C)c1.OC[C@@H](O)[C@@H](O)CO.OC[C@@H](O)[C@@H](O)CO.OC[C@@H](O)[C@@H](O)CO.OC[C@@H](O)[C@@H](O)CO.OC[C@@H](O)[C@@H](O)CO. The minimum atomic E-state index is -1.22. The quantitative estimate of drug-likeness (QED) is 0.0691. The molecule has 22 N–H and O–H groups in total. The number of aliphatic hydroxyl groups excluding tert-OH is 20. The van der Waals surface area contributed by atoms with Crippen LogP contribution in [0.1, 0.15) is 71.1 Å². The standard InChI is InChI=1S/C17H26O3.5C4H10O4/c1-10(15(19)20)11-8-12(16(2,3)4)14(18)13(9-11)17(5,6)7;5*5-1-3(7)4(8)2-6/h8-10,18H,1-7H3,(H,19,20);5*3-8H,1-2H2/t;5*3-,4+. The van der Waals surface area contributed by atoms with Gasteiger partial charge in [0.1, 0.15) is 66.8 Å². The Bertz CT molecular complexity index is 996. The maximum Gasteiger partial charge on any atom is 0.310 e. The second-order valence-corrected chi connectivity index (χ2v) is 15.0. The van der Waals surface area contributed by atoms with Crippen LogP contribution in [0.5, 0.6) is 5.75 Å². The lowest BCUT2D eigenvalue weighted by Gasteiger charge is -2.28. The number of carbonyl (C=O) groups is 1. The molecule has 23 nitrogen and oxygen atoms in total. The number of carboxylic acid groups (broad SMARTS) is 1. The molecule has 0 heterocycles. The van der Waals surface area contributed by atoms with Crippen LogP contribution in [0.2, 0.25) is 0 Å². The van der Waals surface area contributed by atoms with Crippen molar-refractivity contribution in [2.75, 3.05) is 66.1 Å². The van der Waals surface area contributed by atoms with Crippen molar-refractivity contribution in [3.05, 3.63) is 28.8 Å². The van der Waals surface area contributed by atoms with Gasteiger partial charge in [0, 0.05) is 0 Å². The third-order valence-corrected chi connectivity index (χ3v) is 7.71. The summed E-state index contributed by atoms with van der Waals surface area (Å²) in [7, 11) is 0. The highest BCUT2D eigenvalue weighted by Gasteiger charge is 2.28. The van der Waals surface area contributed by atoms with Gasteiger partial charge in [-0.1, -0.05) is 53.7 Å². The van der Waals surface area contributed by atoms with E-state index in [1.165, 1.54) is 0 Å². The maximum atomic E-state index is 11.2. The van der Waals surface area contributed by atoms with Gasteiger partial charge >= 0.3 is 5.97 Å². The van der Waals surface area contributed by atoms with E-state index in [0.717, 1.165) is 16.7 Å². The minimum absolute atomic E-state index is 0.238. The van der Waals surface area contributed by atoms with Crippen molar-refractivity contribution in [1.29, 1.82) is 0 Å². The van der Waals surface area contributed by atoms with E-state index in [9.17, 15) is 15.0 Å². The number of phenols is 1. The summed E-state index contributed by atoms with van der Waals surface area (Å²) in [4.78, 5) is 11.2. The fourth-order valence-corrected chi connectivity index (χ4v) is 3.41. The number of aromatic hydroxyl groups is 1. The molecule has 0 spiro atoms. The lowest BCUT2D eigenvalue weighted by Crippen LogP contribution is -2.31. The molecule has 23 heteroatoms. The van der Waals surface area contributed by atoms with Gasteiger partial charge in [-0.2, -0.15) is 0 Å². The first-order valence-electron chi connectivity index (χ1n) is 18.5. The van der Waals surface area contributed by atoms with Crippen molar-refractivity contribution < 1.29 is 117 Å². The normalized spacial score (nSPS) is 16.7. The Morgan fingerprint density at radius 1 is 0.417 bits per heavy atom. The van der Waals surface area contributed by atoms with Crippen LogP contribution in [0.4, 0.5) is 0 Å². The number of rotatable bonds is 17. The molecule has 1 aromatic carbocycles. The molecule has 0 saturated carbocycles. The van der Waals surface area contributed by atoms with Crippen LogP contribution in [0.15, 0.2) is 12.1 Å². The predicted molar refractivity (Wildman–Crippen MR) is 212 cm³/mol. The number of aliphatic hydroxyl groups is 20. The van der Waals surface area contributed by atoms with Crippen molar-refractivity contribution in [2.45, 2.75) is 126 Å². The third-order valence-electron chi connectivity index (χ3n) is 7.71. The molecule has 0 aliphatic heterocycles. The summed E-state index contributed by atoms with van der Waals surface area (Å²) in [5.74, 6) is -1.15. The molecule has 11 atom stereocenters. The van der Waals surface area contributed by atoms with Crippen molar-refractivity contribution in [3.63, 3.8) is 0 Å². The van der Waals surface area contributed by atoms with Gasteiger partial charge in [-0.3, -0.25) is 4.79 Å². The molecule has 0 aliphatic rings. The van der Waals surface area contributed by atoms with Crippen molar-refractivity contribution in [1.82, 2.24) is 0 Å². The molecule has 0 aromatic heterocycles. The molecule has 0 aliphatic carbocycles. The molecule has 0 radical (unpaired) electrons. The van der Waals surface area contributed by atoms with Gasteiger partial charge in [0.05, 0.1) is 72.0 Å². The number of carboxylic acids is 1. The monoisotopic (exact) mass is 888 g/mol. The largest absolute Gasteiger partial charge is 0.507 e. The first-order chi connectivity index (χ1) is 27.4. The molecular formula is C37H76O23. The highest BCUT2D eigenvalue weighted by molar-refractivity contribution is 5.76. The molecular weight excluding hydrogens is 812 g/mol. The van der Waals surface area contributed by atoms with Crippen molar-refractivity contribution >= 4 is 5.97 Å². The molecule has 1 aromatic rings. The second kappa shape index (κ2) is 36.2. The van der Waals surface area contributed by atoms with E-state index in [-0.39, 0.29) is 16.6 Å². The van der Waals surface area contributed by atoms with Crippen molar-refractivity contribution in [2.24, 2.45) is 0 Å². The Morgan fingerprint density at radius 2 is 0.567 bits per heavy atom. The van der Waals surface area contributed by atoms with E-state index in [2.05, 4.69) is 0 Å². The van der Waals surface area contributed by atoms with Crippen LogP contribution in [-0.2, 0) is 15.6 Å². The molecule has 0 bridgehead atoms. The van der Waals surface area contributed by atoms with E-state index >= 15 is 0 Å². The Labute approximate surface area is 349 Å². The van der Waals surface area contributed by atoms with Gasteiger partial charge in [-0.15, -0.1) is 0 Å². The fraction of sp³-hybridized carbons (Fsp3) is 0.811. The zero-order chi connectivity index (χ0) is 48.7. The molecule has 0 amide bonds. The highest BCUT2D eigenvalue weighted by Crippen LogP contribution is 2.41. The van der Waals surface area contributed by atoms with Crippen LogP contribution in [0.3, 0.4) is 0 Å². The average molecular weight is 889 g/mol. The van der Waals surface area contributed by atoms with Gasteiger partial charge in [0.15, 0.2) is 0 Å². The topological polar surface area (TPSA) is 462 Å². The zero-order valence-corrected chi connectivity index (χ0v) is 35.3. The summed E-state index contributed by atoms with van der Waals surface area (Å²) in [6, 6.07) is 3.65. The fourth-order valence-electron chi connectivity index (χ4n) is 3.41. The number of phenolic OH excluding ortho intramolecular Hbond substituents is 1. The van der Waals surface area contributed by atoms with Crippen LogP contribution >= 0.6 is 0 Å². The van der Waals surface area contributed by atoms with Crippen LogP contribution in [0.25, 0.3) is 0 Å². The predicted octanol–water partition coefficient (Wildman–Crippen LogP) is -7.36. The Kier molecular flexibility index (Phi) is 40.3. The number of hydrogen-bond acceptors (Lipinski definition) is 22. The Morgan fingerprint density at radius 3 is 0.667 bits per heavy atom. The van der Waals surface area contributed by atoms with E-state index < -0.39 is 139 Å². The minimum Gasteiger partial charge on any atom is -0.507 e. The molecule has 1 unspecified atom stereocenters. The zero-order valence-electron chi connectivity index (χ0n) is 35.3. The first-order valence-corrected chi connectivity index (χ1v) is 18.5. The van der Waals surface area contributed by atoms with Gasteiger partial charge in [0.2, 0.25) is 0 Å². The number of aliphatic carboxylic acids is 1. The summed E-state index contributed by atoms with van der Waals surface area (Å²) < 4.78 is 0. The molecule has 0 fully saturated rings. The molecule has 362 valence electrons. The van der Waals surface area contributed by atoms with Crippen LogP contribution < -0.4 is 0 Å². The van der Waals surface area contributed by atoms with Gasteiger partial charge in [-0.25, -0.2) is 0 Å².